The number of anilines is 1. The van der Waals surface area contributed by atoms with Crippen LogP contribution in [0.2, 0.25) is 0 Å². The molecule has 0 atom stereocenters. The molecule has 0 bridgehead atoms. The van der Waals surface area contributed by atoms with Crippen molar-refractivity contribution < 1.29 is 9.32 Å². The normalized spacial score (nSPS) is 16.4. The SMILES string of the molecule is O=C(NCCc1ccccc1)N1CCN(c2ccc(-c3noc(C4CC4)n3)cn2)CC1. The molecule has 1 saturated carbocycles. The summed E-state index contributed by atoms with van der Waals surface area (Å²) in [6.07, 6.45) is 4.90. The van der Waals surface area contributed by atoms with Gasteiger partial charge in [-0.3, -0.25) is 0 Å². The Morgan fingerprint density at radius 1 is 1.06 bits per heavy atom. The third kappa shape index (κ3) is 4.68. The lowest BCUT2D eigenvalue weighted by Gasteiger charge is -2.35. The van der Waals surface area contributed by atoms with Crippen LogP contribution in [0.5, 0.6) is 0 Å². The molecule has 1 saturated heterocycles. The van der Waals surface area contributed by atoms with Gasteiger partial charge in [-0.1, -0.05) is 35.5 Å². The topological polar surface area (TPSA) is 87.4 Å². The van der Waals surface area contributed by atoms with Gasteiger partial charge in [-0.15, -0.1) is 0 Å². The quantitative estimate of drug-likeness (QED) is 0.662. The highest BCUT2D eigenvalue weighted by Crippen LogP contribution is 2.39. The van der Waals surface area contributed by atoms with E-state index in [4.69, 9.17) is 4.52 Å². The van der Waals surface area contributed by atoms with Gasteiger partial charge in [0.25, 0.3) is 0 Å². The van der Waals surface area contributed by atoms with Crippen LogP contribution < -0.4 is 10.2 Å². The van der Waals surface area contributed by atoms with Crippen molar-refractivity contribution >= 4 is 11.8 Å². The number of aromatic nitrogens is 3. The first-order chi connectivity index (χ1) is 15.3. The molecular formula is C23H26N6O2. The van der Waals surface area contributed by atoms with Crippen molar-refractivity contribution in [2.24, 2.45) is 0 Å². The Balaban J connectivity index is 1.10. The smallest absolute Gasteiger partial charge is 0.317 e. The van der Waals surface area contributed by atoms with Crippen LogP contribution in [0.1, 0.15) is 30.2 Å². The number of rotatable bonds is 6. The van der Waals surface area contributed by atoms with Crippen molar-refractivity contribution in [1.82, 2.24) is 25.3 Å². The molecule has 0 radical (unpaired) electrons. The molecule has 2 amide bonds. The van der Waals surface area contributed by atoms with Gasteiger partial charge < -0.3 is 19.6 Å². The first-order valence-corrected chi connectivity index (χ1v) is 10.9. The van der Waals surface area contributed by atoms with E-state index in [0.29, 0.717) is 31.4 Å². The third-order valence-corrected chi connectivity index (χ3v) is 5.80. The Bertz CT molecular complexity index is 1010. The number of urea groups is 1. The molecule has 160 valence electrons. The van der Waals surface area contributed by atoms with Crippen LogP contribution in [0.15, 0.2) is 53.2 Å². The van der Waals surface area contributed by atoms with Crippen molar-refractivity contribution in [3.8, 4) is 11.4 Å². The highest BCUT2D eigenvalue weighted by Gasteiger charge is 2.30. The van der Waals surface area contributed by atoms with E-state index in [-0.39, 0.29) is 6.03 Å². The third-order valence-electron chi connectivity index (χ3n) is 5.80. The second kappa shape index (κ2) is 8.75. The van der Waals surface area contributed by atoms with Crippen molar-refractivity contribution in [1.29, 1.82) is 0 Å². The molecule has 3 aromatic rings. The number of nitrogens with one attached hydrogen (secondary N) is 1. The lowest BCUT2D eigenvalue weighted by molar-refractivity contribution is 0.194. The summed E-state index contributed by atoms with van der Waals surface area (Å²) in [7, 11) is 0. The summed E-state index contributed by atoms with van der Waals surface area (Å²) < 4.78 is 5.33. The predicted octanol–water partition coefficient (Wildman–Crippen LogP) is 3.08. The number of carbonyl (C=O) groups excluding carboxylic acids is 1. The predicted molar refractivity (Wildman–Crippen MR) is 117 cm³/mol. The molecule has 8 nitrogen and oxygen atoms in total. The fourth-order valence-corrected chi connectivity index (χ4v) is 3.76. The largest absolute Gasteiger partial charge is 0.353 e. The van der Waals surface area contributed by atoms with E-state index in [2.05, 4.69) is 37.5 Å². The van der Waals surface area contributed by atoms with Gasteiger partial charge in [-0.05, 0) is 37.0 Å². The lowest BCUT2D eigenvalue weighted by Crippen LogP contribution is -2.52. The minimum Gasteiger partial charge on any atom is -0.353 e. The molecule has 8 heteroatoms. The zero-order valence-corrected chi connectivity index (χ0v) is 17.4. The molecule has 31 heavy (non-hydrogen) atoms. The molecule has 1 N–H and O–H groups in total. The van der Waals surface area contributed by atoms with Gasteiger partial charge in [0.1, 0.15) is 5.82 Å². The van der Waals surface area contributed by atoms with Crippen molar-refractivity contribution in [3.05, 3.63) is 60.1 Å². The molecule has 0 spiro atoms. The average molecular weight is 419 g/mol. The number of piperazine rings is 1. The van der Waals surface area contributed by atoms with Crippen molar-refractivity contribution in [3.63, 3.8) is 0 Å². The molecular weight excluding hydrogens is 392 g/mol. The minimum atomic E-state index is 0.00228. The Morgan fingerprint density at radius 2 is 1.87 bits per heavy atom. The van der Waals surface area contributed by atoms with E-state index in [0.717, 1.165) is 49.6 Å². The second-order valence-electron chi connectivity index (χ2n) is 8.08. The van der Waals surface area contributed by atoms with Gasteiger partial charge in [0.05, 0.1) is 0 Å². The van der Waals surface area contributed by atoms with Gasteiger partial charge in [0.2, 0.25) is 11.7 Å². The molecule has 1 aliphatic heterocycles. The maximum absolute atomic E-state index is 12.4. The fourth-order valence-electron chi connectivity index (χ4n) is 3.76. The number of pyridine rings is 1. The van der Waals surface area contributed by atoms with Gasteiger partial charge >= 0.3 is 6.03 Å². The maximum Gasteiger partial charge on any atom is 0.317 e. The fraction of sp³-hybridized carbons (Fsp3) is 0.391. The molecule has 2 aromatic heterocycles. The van der Waals surface area contributed by atoms with Crippen LogP contribution >= 0.6 is 0 Å². The summed E-state index contributed by atoms with van der Waals surface area (Å²) in [6.45, 7) is 3.51. The van der Waals surface area contributed by atoms with Crippen molar-refractivity contribution in [2.75, 3.05) is 37.6 Å². The van der Waals surface area contributed by atoms with E-state index >= 15 is 0 Å². The van der Waals surface area contributed by atoms with Gasteiger partial charge in [0.15, 0.2) is 0 Å². The van der Waals surface area contributed by atoms with E-state index < -0.39 is 0 Å². The Labute approximate surface area is 181 Å². The van der Waals surface area contributed by atoms with Gasteiger partial charge in [0, 0.05) is 50.4 Å². The molecule has 5 rings (SSSR count). The summed E-state index contributed by atoms with van der Waals surface area (Å²) in [5.41, 5.74) is 2.09. The van der Waals surface area contributed by atoms with Crippen LogP contribution in [0.3, 0.4) is 0 Å². The number of carbonyl (C=O) groups is 1. The summed E-state index contributed by atoms with van der Waals surface area (Å²) >= 11 is 0. The zero-order chi connectivity index (χ0) is 21.0. The highest BCUT2D eigenvalue weighted by atomic mass is 16.5. The first-order valence-electron chi connectivity index (χ1n) is 10.9. The van der Waals surface area contributed by atoms with Crippen molar-refractivity contribution in [2.45, 2.75) is 25.2 Å². The van der Waals surface area contributed by atoms with Gasteiger partial charge in [-0.2, -0.15) is 4.98 Å². The number of hydrogen-bond acceptors (Lipinski definition) is 6. The molecule has 3 heterocycles. The van der Waals surface area contributed by atoms with E-state index in [1.807, 2.05) is 35.2 Å². The van der Waals surface area contributed by atoms with E-state index in [1.165, 1.54) is 5.56 Å². The number of amides is 2. The zero-order valence-electron chi connectivity index (χ0n) is 17.4. The number of hydrogen-bond donors (Lipinski definition) is 1. The number of benzene rings is 1. The molecule has 2 aliphatic rings. The Morgan fingerprint density at radius 3 is 2.58 bits per heavy atom. The molecule has 1 aromatic carbocycles. The number of nitrogens with zero attached hydrogens (tertiary/aromatic N) is 5. The molecule has 2 fully saturated rings. The maximum atomic E-state index is 12.4. The standard InChI is InChI=1S/C23H26N6O2/c30-23(24-11-10-17-4-2-1-3-5-17)29-14-12-28(13-15-29)20-9-8-19(16-25-20)21-26-22(31-27-21)18-6-7-18/h1-5,8-9,16,18H,6-7,10-15H2,(H,24,30). The summed E-state index contributed by atoms with van der Waals surface area (Å²) in [4.78, 5) is 25.6. The second-order valence-corrected chi connectivity index (χ2v) is 8.08. The monoisotopic (exact) mass is 418 g/mol. The van der Waals surface area contributed by atoms with Crippen LogP contribution in [-0.4, -0.2) is 58.8 Å². The summed E-state index contributed by atoms with van der Waals surface area (Å²) in [6, 6.07) is 14.2. The lowest BCUT2D eigenvalue weighted by atomic mass is 10.1. The van der Waals surface area contributed by atoms with Crippen LogP contribution in [0.25, 0.3) is 11.4 Å². The molecule has 1 aliphatic carbocycles. The van der Waals surface area contributed by atoms with Crippen LogP contribution in [0.4, 0.5) is 10.6 Å². The van der Waals surface area contributed by atoms with E-state index in [9.17, 15) is 4.79 Å². The summed E-state index contributed by atoms with van der Waals surface area (Å²) in [5.74, 6) is 2.68. The minimum absolute atomic E-state index is 0.00228. The van der Waals surface area contributed by atoms with E-state index in [1.54, 1.807) is 6.20 Å². The summed E-state index contributed by atoms with van der Waals surface area (Å²) in [5, 5.41) is 7.10. The average Bonchev–Trinajstić information content (AvgIpc) is 3.56. The van der Waals surface area contributed by atoms with Crippen LogP contribution in [-0.2, 0) is 6.42 Å². The molecule has 0 unspecified atom stereocenters. The Kier molecular flexibility index (Phi) is 5.52. The first kappa shape index (κ1) is 19.5. The van der Waals surface area contributed by atoms with Crippen LogP contribution in [0, 0.1) is 0 Å². The van der Waals surface area contributed by atoms with Gasteiger partial charge in [-0.25, -0.2) is 9.78 Å². The Hall–Kier alpha value is -3.42. The highest BCUT2D eigenvalue weighted by molar-refractivity contribution is 5.74.